The van der Waals surface area contributed by atoms with Crippen molar-refractivity contribution in [2.75, 3.05) is 43.0 Å². The summed E-state index contributed by atoms with van der Waals surface area (Å²) in [5, 5.41) is 12.8. The lowest BCUT2D eigenvalue weighted by Gasteiger charge is -2.33. The summed E-state index contributed by atoms with van der Waals surface area (Å²) in [7, 11) is 0. The van der Waals surface area contributed by atoms with Crippen molar-refractivity contribution < 1.29 is 19.1 Å². The maximum Gasteiger partial charge on any atom is 0.415 e. The average Bonchev–Trinajstić information content (AvgIpc) is 3.30. The van der Waals surface area contributed by atoms with Crippen molar-refractivity contribution in [2.24, 2.45) is 5.92 Å². The van der Waals surface area contributed by atoms with Gasteiger partial charge in [-0.2, -0.15) is 5.26 Å². The largest absolute Gasteiger partial charge is 0.480 e. The summed E-state index contributed by atoms with van der Waals surface area (Å²) >= 11 is 0. The molecule has 2 saturated heterocycles. The summed E-state index contributed by atoms with van der Waals surface area (Å²) in [6.45, 7) is 3.05. The molecule has 3 aliphatic rings. The van der Waals surface area contributed by atoms with E-state index < -0.39 is 6.09 Å². The van der Waals surface area contributed by atoms with Gasteiger partial charge < -0.3 is 19.4 Å². The molecule has 2 fully saturated rings. The van der Waals surface area contributed by atoms with Crippen molar-refractivity contribution in [1.29, 1.82) is 5.26 Å². The van der Waals surface area contributed by atoms with Gasteiger partial charge in [0.2, 0.25) is 0 Å². The van der Waals surface area contributed by atoms with E-state index >= 15 is 0 Å². The van der Waals surface area contributed by atoms with E-state index in [2.05, 4.69) is 21.3 Å². The van der Waals surface area contributed by atoms with Crippen LogP contribution in [-0.4, -0.2) is 65.3 Å². The molecule has 1 aromatic carbocycles. The summed E-state index contributed by atoms with van der Waals surface area (Å²) < 4.78 is 12.8. The predicted octanol–water partition coefficient (Wildman–Crippen LogP) is 1.95. The quantitative estimate of drug-likeness (QED) is 0.563. The van der Waals surface area contributed by atoms with Crippen LogP contribution in [0.15, 0.2) is 47.3 Å². The normalized spacial score (nSPS) is 21.0. The third kappa shape index (κ3) is 4.36. The monoisotopic (exact) mass is 500 g/mol. The number of carbonyl (C=O) groups is 2. The molecule has 0 radical (unpaired) electrons. The number of nitriles is 1. The van der Waals surface area contributed by atoms with E-state index in [-0.39, 0.29) is 30.1 Å². The van der Waals surface area contributed by atoms with Crippen LogP contribution in [0.25, 0.3) is 10.9 Å². The Kier molecular flexibility index (Phi) is 5.73. The smallest absolute Gasteiger partial charge is 0.415 e. The Hall–Kier alpha value is -4.43. The molecule has 0 saturated carbocycles. The van der Waals surface area contributed by atoms with E-state index in [0.29, 0.717) is 42.6 Å². The molecule has 2 aromatic heterocycles. The number of aryl methyl sites for hydroxylation is 1. The highest BCUT2D eigenvalue weighted by Gasteiger charge is 2.42. The lowest BCUT2D eigenvalue weighted by Crippen LogP contribution is -2.48. The van der Waals surface area contributed by atoms with E-state index in [1.165, 1.54) is 4.90 Å². The number of pyridine rings is 2. The molecule has 0 bridgehead atoms. The Labute approximate surface area is 211 Å². The zero-order chi connectivity index (χ0) is 25.5. The van der Waals surface area contributed by atoms with Crippen molar-refractivity contribution >= 4 is 34.5 Å². The van der Waals surface area contributed by atoms with Crippen LogP contribution in [0.5, 0.6) is 5.75 Å². The van der Waals surface area contributed by atoms with Crippen LogP contribution in [0, 0.1) is 17.2 Å². The van der Waals surface area contributed by atoms with Crippen molar-refractivity contribution in [3.8, 4) is 11.8 Å². The summed E-state index contributed by atoms with van der Waals surface area (Å²) in [5.74, 6) is 0.981. The Morgan fingerprint density at radius 3 is 2.78 bits per heavy atom. The lowest BCUT2D eigenvalue weighted by atomic mass is 10.0. The van der Waals surface area contributed by atoms with Gasteiger partial charge in [0.25, 0.3) is 11.5 Å². The summed E-state index contributed by atoms with van der Waals surface area (Å²) in [6.07, 6.45) is 0.0657. The molecule has 11 nitrogen and oxygen atoms in total. The summed E-state index contributed by atoms with van der Waals surface area (Å²) in [6, 6.07) is 14.2. The molecule has 0 unspecified atom stereocenters. The number of amides is 2. The second-order valence-corrected chi connectivity index (χ2v) is 9.47. The van der Waals surface area contributed by atoms with Crippen LogP contribution in [0.4, 0.5) is 16.4 Å². The zero-order valence-electron chi connectivity index (χ0n) is 19.9. The molecule has 1 N–H and O–H groups in total. The zero-order valence-corrected chi connectivity index (χ0v) is 19.9. The average molecular weight is 501 g/mol. The van der Waals surface area contributed by atoms with Gasteiger partial charge >= 0.3 is 6.09 Å². The number of benzene rings is 1. The number of ether oxygens (including phenoxy) is 2. The van der Waals surface area contributed by atoms with Gasteiger partial charge in [-0.25, -0.2) is 9.78 Å². The maximum absolute atomic E-state index is 12.8. The van der Waals surface area contributed by atoms with E-state index in [0.717, 1.165) is 30.4 Å². The van der Waals surface area contributed by atoms with Crippen molar-refractivity contribution in [1.82, 2.24) is 14.5 Å². The fourth-order valence-corrected chi connectivity index (χ4v) is 5.25. The second-order valence-electron chi connectivity index (χ2n) is 9.47. The number of fused-ring (bicyclic) bond motifs is 3. The van der Waals surface area contributed by atoms with Crippen LogP contribution >= 0.6 is 0 Å². The molecule has 0 aliphatic carbocycles. The third-order valence-corrected chi connectivity index (χ3v) is 7.06. The van der Waals surface area contributed by atoms with Gasteiger partial charge in [0.1, 0.15) is 11.9 Å². The maximum atomic E-state index is 12.8. The van der Waals surface area contributed by atoms with E-state index in [1.807, 2.05) is 6.07 Å². The molecule has 188 valence electrons. The molecule has 3 aliphatic heterocycles. The molecule has 37 heavy (non-hydrogen) atoms. The number of carbonyl (C=O) groups excluding carboxylic acids is 2. The van der Waals surface area contributed by atoms with Gasteiger partial charge in [-0.05, 0) is 42.1 Å². The minimum atomic E-state index is -0.464. The lowest BCUT2D eigenvalue weighted by molar-refractivity contribution is -0.118. The molecule has 11 heteroatoms. The van der Waals surface area contributed by atoms with Gasteiger partial charge in [0, 0.05) is 44.7 Å². The molecule has 6 rings (SSSR count). The van der Waals surface area contributed by atoms with E-state index in [1.54, 1.807) is 41.0 Å². The van der Waals surface area contributed by atoms with Crippen molar-refractivity contribution in [3.63, 3.8) is 0 Å². The molecule has 2 atom stereocenters. The van der Waals surface area contributed by atoms with Crippen LogP contribution in [0.1, 0.15) is 12.0 Å². The van der Waals surface area contributed by atoms with Crippen LogP contribution in [0.3, 0.4) is 0 Å². The topological polar surface area (TPSA) is 130 Å². The molecular formula is C26H24N6O5. The summed E-state index contributed by atoms with van der Waals surface area (Å²) in [5.41, 5.74) is 1.18. The van der Waals surface area contributed by atoms with Crippen LogP contribution < -0.4 is 20.5 Å². The Morgan fingerprint density at radius 1 is 1.05 bits per heavy atom. The molecule has 0 spiro atoms. The van der Waals surface area contributed by atoms with E-state index in [9.17, 15) is 19.6 Å². The third-order valence-electron chi connectivity index (χ3n) is 7.06. The number of hydrogen-bond donors (Lipinski definition) is 1. The molecule has 5 heterocycles. The predicted molar refractivity (Wildman–Crippen MR) is 133 cm³/mol. The minimum absolute atomic E-state index is 0.0601. The van der Waals surface area contributed by atoms with Crippen LogP contribution in [0.2, 0.25) is 0 Å². The first-order valence-electron chi connectivity index (χ1n) is 12.2. The fraction of sp³-hybridized carbons (Fsp3) is 0.346. The standard InChI is InChI=1S/C26H24N6O5/c27-11-16-2-3-17-4-7-24(34)31(19(17)10-16)9-1-8-30-12-18-13-32(26(35)37-21(18)14-30)22-6-5-20-25(28-22)29-23(33)15-36-20/h2-7,10,18,21H,1,8-9,12-15H2,(H,28,29,33)/t18-,21+/m0/s1. The minimum Gasteiger partial charge on any atom is -0.480 e. The number of hydrogen-bond acceptors (Lipinski definition) is 8. The van der Waals surface area contributed by atoms with Gasteiger partial charge in [-0.15, -0.1) is 0 Å². The second kappa shape index (κ2) is 9.22. The van der Waals surface area contributed by atoms with Gasteiger partial charge in [0.15, 0.2) is 18.2 Å². The number of nitrogens with one attached hydrogen (secondary N) is 1. The fourth-order valence-electron chi connectivity index (χ4n) is 5.25. The Bertz CT molecular complexity index is 1510. The number of aromatic nitrogens is 2. The summed E-state index contributed by atoms with van der Waals surface area (Å²) in [4.78, 5) is 45.1. The Morgan fingerprint density at radius 2 is 1.92 bits per heavy atom. The number of rotatable bonds is 5. The SMILES string of the molecule is N#Cc1ccc2ccc(=O)n(CCCN3C[C@H]4CN(c5ccc6c(n5)NC(=O)CO6)C(=O)O[C@@H]4C3)c2c1. The highest BCUT2D eigenvalue weighted by atomic mass is 16.6. The Balaban J connectivity index is 1.10. The van der Waals surface area contributed by atoms with Gasteiger partial charge in [-0.1, -0.05) is 6.07 Å². The first-order valence-corrected chi connectivity index (χ1v) is 12.2. The highest BCUT2D eigenvalue weighted by Crippen LogP contribution is 2.32. The van der Waals surface area contributed by atoms with Gasteiger partial charge in [-0.3, -0.25) is 19.4 Å². The highest BCUT2D eigenvalue weighted by molar-refractivity contribution is 5.95. The number of anilines is 2. The van der Waals surface area contributed by atoms with Crippen molar-refractivity contribution in [2.45, 2.75) is 19.1 Å². The molecule has 2 amide bonds. The first-order chi connectivity index (χ1) is 18.0. The number of likely N-dealkylation sites (tertiary alicyclic amines) is 1. The number of nitrogens with zero attached hydrogens (tertiary/aromatic N) is 5. The van der Waals surface area contributed by atoms with Crippen LogP contribution in [-0.2, 0) is 16.1 Å². The molecule has 3 aromatic rings. The first kappa shape index (κ1) is 23.0. The van der Waals surface area contributed by atoms with E-state index in [4.69, 9.17) is 9.47 Å². The van der Waals surface area contributed by atoms with Crippen molar-refractivity contribution in [3.05, 3.63) is 58.4 Å². The molecular weight excluding hydrogens is 476 g/mol. The van der Waals surface area contributed by atoms with Gasteiger partial charge in [0.05, 0.1) is 17.1 Å².